The van der Waals surface area contributed by atoms with Crippen LogP contribution in [0.4, 0.5) is 0 Å². The summed E-state index contributed by atoms with van der Waals surface area (Å²) in [5.74, 6) is 2.25. The van der Waals surface area contributed by atoms with Crippen LogP contribution >= 0.6 is 0 Å². The Kier molecular flexibility index (Phi) is 3.50. The zero-order valence-corrected chi connectivity index (χ0v) is 16.9. The van der Waals surface area contributed by atoms with Crippen LogP contribution in [0.3, 0.4) is 0 Å². The molecule has 0 bridgehead atoms. The van der Waals surface area contributed by atoms with Gasteiger partial charge in [0.25, 0.3) is 0 Å². The van der Waals surface area contributed by atoms with Gasteiger partial charge in [0.15, 0.2) is 5.79 Å². The fourth-order valence-corrected chi connectivity index (χ4v) is 8.10. The van der Waals surface area contributed by atoms with Crippen LogP contribution in [0.15, 0.2) is 11.6 Å². The molecule has 144 valence electrons. The molecular weight excluding hydrogens is 324 g/mol. The van der Waals surface area contributed by atoms with Crippen molar-refractivity contribution in [2.75, 3.05) is 13.2 Å². The maximum atomic E-state index is 12.6. The lowest BCUT2D eigenvalue weighted by atomic mass is 9.45. The first-order valence-electron chi connectivity index (χ1n) is 10.8. The van der Waals surface area contributed by atoms with Crippen molar-refractivity contribution in [3.8, 4) is 0 Å². The van der Waals surface area contributed by atoms with Crippen LogP contribution in [0, 0.1) is 34.0 Å². The van der Waals surface area contributed by atoms with Gasteiger partial charge in [-0.05, 0) is 69.1 Å². The minimum absolute atomic E-state index is 0.159. The van der Waals surface area contributed by atoms with Gasteiger partial charge in [-0.1, -0.05) is 25.5 Å². The Morgan fingerprint density at radius 1 is 0.962 bits per heavy atom. The average molecular weight is 359 g/mol. The average Bonchev–Trinajstić information content (AvgIpc) is 3.18. The molecule has 1 aliphatic heterocycles. The molecule has 1 spiro atoms. The molecule has 0 amide bonds. The zero-order valence-electron chi connectivity index (χ0n) is 16.9. The molecule has 0 N–H and O–H groups in total. The minimum Gasteiger partial charge on any atom is -0.347 e. The maximum Gasteiger partial charge on any atom is 0.174 e. The summed E-state index contributed by atoms with van der Waals surface area (Å²) in [6.07, 6.45) is 10.2. The summed E-state index contributed by atoms with van der Waals surface area (Å²) < 4.78 is 12.5. The van der Waals surface area contributed by atoms with Crippen LogP contribution in [0.25, 0.3) is 0 Å². The van der Waals surface area contributed by atoms with Gasteiger partial charge in [-0.3, -0.25) is 4.79 Å². The fourth-order valence-electron chi connectivity index (χ4n) is 8.10. The quantitative estimate of drug-likeness (QED) is 0.578. The monoisotopic (exact) mass is 358 g/mol. The van der Waals surface area contributed by atoms with E-state index >= 15 is 0 Å². The highest BCUT2D eigenvalue weighted by atomic mass is 16.7. The van der Waals surface area contributed by atoms with Crippen molar-refractivity contribution in [3.63, 3.8) is 0 Å². The lowest BCUT2D eigenvalue weighted by Crippen LogP contribution is -2.56. The van der Waals surface area contributed by atoms with Crippen LogP contribution < -0.4 is 0 Å². The van der Waals surface area contributed by atoms with E-state index in [2.05, 4.69) is 33.8 Å². The number of hydrogen-bond acceptors (Lipinski definition) is 3. The number of Topliss-reactive ketones (excluding diaryl/α,β-unsaturated/α-hetero) is 1. The van der Waals surface area contributed by atoms with Gasteiger partial charge >= 0.3 is 0 Å². The topological polar surface area (TPSA) is 35.5 Å². The van der Waals surface area contributed by atoms with E-state index in [-0.39, 0.29) is 22.0 Å². The van der Waals surface area contributed by atoms with E-state index in [4.69, 9.17) is 9.47 Å². The molecule has 0 unspecified atom stereocenters. The Balaban J connectivity index is 1.53. The molecule has 0 aromatic carbocycles. The second kappa shape index (κ2) is 5.23. The SMILES string of the molecule is CC1(C)C(=O)CC[C@@]2(C)C1=CC[C@@H]1[C@@H]2CC[C@@]2(C)[C@H]1CCC21OCCO1. The summed E-state index contributed by atoms with van der Waals surface area (Å²) >= 11 is 0. The number of carbonyl (C=O) groups is 1. The second-order valence-corrected chi connectivity index (χ2v) is 10.6. The summed E-state index contributed by atoms with van der Waals surface area (Å²) in [6, 6.07) is 0. The third kappa shape index (κ3) is 1.90. The van der Waals surface area contributed by atoms with Crippen LogP contribution in [0.2, 0.25) is 0 Å². The number of ether oxygens (including phenoxy) is 2. The van der Waals surface area contributed by atoms with Crippen molar-refractivity contribution in [3.05, 3.63) is 11.6 Å². The number of ketones is 1. The van der Waals surface area contributed by atoms with E-state index in [1.807, 2.05) is 0 Å². The molecule has 5 aliphatic rings. The van der Waals surface area contributed by atoms with Crippen molar-refractivity contribution in [1.82, 2.24) is 0 Å². The fraction of sp³-hybridized carbons (Fsp3) is 0.870. The summed E-state index contributed by atoms with van der Waals surface area (Å²) in [4.78, 5) is 12.6. The third-order valence-electron chi connectivity index (χ3n) is 9.50. The van der Waals surface area contributed by atoms with Crippen molar-refractivity contribution >= 4 is 5.78 Å². The molecule has 3 heteroatoms. The highest BCUT2D eigenvalue weighted by Gasteiger charge is 2.67. The van der Waals surface area contributed by atoms with Gasteiger partial charge in [0.2, 0.25) is 0 Å². The van der Waals surface area contributed by atoms with Gasteiger partial charge in [-0.2, -0.15) is 0 Å². The molecule has 26 heavy (non-hydrogen) atoms. The number of allylic oxidation sites excluding steroid dienone is 2. The molecule has 1 saturated heterocycles. The van der Waals surface area contributed by atoms with Gasteiger partial charge < -0.3 is 9.47 Å². The first-order valence-corrected chi connectivity index (χ1v) is 10.8. The lowest BCUT2D eigenvalue weighted by Gasteiger charge is -2.60. The standard InChI is InChI=1S/C23H34O3/c1-20(2)18-6-5-15-16(21(18,3)10-9-19(20)24)7-11-22(4)17(15)8-12-23(22)25-13-14-26-23/h6,15-17H,5,7-14H2,1-4H3/t15-,16+,17+,21-,22+/m1/s1. The van der Waals surface area contributed by atoms with Crippen LogP contribution in [-0.2, 0) is 14.3 Å². The summed E-state index contributed by atoms with van der Waals surface area (Å²) in [7, 11) is 0. The van der Waals surface area contributed by atoms with Crippen molar-refractivity contribution < 1.29 is 14.3 Å². The number of hydrogen-bond donors (Lipinski definition) is 0. The molecular formula is C23H34O3. The molecule has 4 fully saturated rings. The number of carbonyl (C=O) groups excluding carboxylic acids is 1. The molecule has 5 rings (SSSR count). The van der Waals surface area contributed by atoms with E-state index < -0.39 is 0 Å². The molecule has 5 atom stereocenters. The van der Waals surface area contributed by atoms with E-state index in [9.17, 15) is 4.79 Å². The van der Waals surface area contributed by atoms with E-state index in [0.717, 1.165) is 44.8 Å². The Morgan fingerprint density at radius 2 is 1.65 bits per heavy atom. The first-order chi connectivity index (χ1) is 12.2. The van der Waals surface area contributed by atoms with Gasteiger partial charge in [-0.25, -0.2) is 0 Å². The number of fused-ring (bicyclic) bond motifs is 6. The maximum absolute atomic E-state index is 12.6. The van der Waals surface area contributed by atoms with Crippen molar-refractivity contribution in [2.45, 2.75) is 78.4 Å². The second-order valence-electron chi connectivity index (χ2n) is 10.6. The molecule has 3 saturated carbocycles. The normalized spacial score (nSPS) is 48.7. The van der Waals surface area contributed by atoms with Gasteiger partial charge in [0.05, 0.1) is 13.2 Å². The van der Waals surface area contributed by atoms with Crippen LogP contribution in [0.1, 0.15) is 72.6 Å². The van der Waals surface area contributed by atoms with Crippen molar-refractivity contribution in [1.29, 1.82) is 0 Å². The Labute approximate surface area is 157 Å². The molecule has 1 heterocycles. The number of rotatable bonds is 0. The largest absolute Gasteiger partial charge is 0.347 e. The van der Waals surface area contributed by atoms with Crippen LogP contribution in [-0.4, -0.2) is 24.8 Å². The summed E-state index contributed by atoms with van der Waals surface area (Å²) in [5.41, 5.74) is 1.54. The predicted molar refractivity (Wildman–Crippen MR) is 101 cm³/mol. The molecule has 0 aromatic heterocycles. The summed E-state index contributed by atoms with van der Waals surface area (Å²) in [6.45, 7) is 10.8. The molecule has 3 nitrogen and oxygen atoms in total. The molecule has 4 aliphatic carbocycles. The highest BCUT2D eigenvalue weighted by Crippen LogP contribution is 2.69. The van der Waals surface area contributed by atoms with Gasteiger partial charge in [-0.15, -0.1) is 0 Å². The van der Waals surface area contributed by atoms with E-state index in [0.29, 0.717) is 17.6 Å². The Hall–Kier alpha value is -0.670. The Bertz CT molecular complexity index is 671. The highest BCUT2D eigenvalue weighted by molar-refractivity contribution is 5.89. The third-order valence-corrected chi connectivity index (χ3v) is 9.50. The Morgan fingerprint density at radius 3 is 2.38 bits per heavy atom. The van der Waals surface area contributed by atoms with Gasteiger partial charge in [0.1, 0.15) is 5.78 Å². The zero-order chi connectivity index (χ0) is 18.4. The lowest BCUT2D eigenvalue weighted by molar-refractivity contribution is -0.242. The minimum atomic E-state index is -0.310. The van der Waals surface area contributed by atoms with E-state index in [1.54, 1.807) is 0 Å². The van der Waals surface area contributed by atoms with Crippen LogP contribution in [0.5, 0.6) is 0 Å². The first kappa shape index (κ1) is 17.4. The molecule has 0 aromatic rings. The van der Waals surface area contributed by atoms with Gasteiger partial charge in [0, 0.05) is 23.7 Å². The predicted octanol–water partition coefficient (Wildman–Crippen LogP) is 4.90. The van der Waals surface area contributed by atoms with Crippen molar-refractivity contribution in [2.24, 2.45) is 34.0 Å². The smallest absolute Gasteiger partial charge is 0.174 e. The molecule has 0 radical (unpaired) electrons. The summed E-state index contributed by atoms with van der Waals surface area (Å²) in [5, 5.41) is 0. The van der Waals surface area contributed by atoms with E-state index in [1.165, 1.54) is 24.8 Å².